The number of aryl methyl sites for hydroxylation is 2. The van der Waals surface area contributed by atoms with Crippen molar-refractivity contribution >= 4 is 34.6 Å². The normalized spacial score (nSPS) is 14.1. The monoisotopic (exact) mass is 296 g/mol. The third-order valence-electron chi connectivity index (χ3n) is 2.15. The van der Waals surface area contributed by atoms with Crippen molar-refractivity contribution in [3.05, 3.63) is 29.7 Å². The zero-order chi connectivity index (χ0) is 13.7. The lowest BCUT2D eigenvalue weighted by molar-refractivity contribution is -0.117. The highest BCUT2D eigenvalue weighted by Crippen LogP contribution is 2.14. The first kappa shape index (κ1) is 14.1. The van der Waals surface area contributed by atoms with Crippen LogP contribution in [0.4, 0.5) is 0 Å². The largest absolute Gasteiger partial charge is 0.304 e. The van der Waals surface area contributed by atoms with Crippen LogP contribution in [0.2, 0.25) is 0 Å². The predicted octanol–water partition coefficient (Wildman–Crippen LogP) is 2.16. The van der Waals surface area contributed by atoms with Crippen molar-refractivity contribution in [1.82, 2.24) is 15.3 Å². The molecule has 0 saturated carbocycles. The summed E-state index contributed by atoms with van der Waals surface area (Å²) in [6.07, 6.45) is 3.64. The molecule has 0 unspecified atom stereocenters. The number of thioether (sulfide) groups is 2. The molecule has 0 atom stereocenters. The number of carbonyl (C=O) groups excluding carboxylic acids is 1. The highest BCUT2D eigenvalue weighted by molar-refractivity contribution is 8.14. The van der Waals surface area contributed by atoms with Crippen LogP contribution >= 0.6 is 23.5 Å². The minimum absolute atomic E-state index is 0. The molecule has 19 heavy (non-hydrogen) atoms. The van der Waals surface area contributed by atoms with Gasteiger partial charge in [-0.3, -0.25) is 4.79 Å². The fraction of sp³-hybridized carbons (Fsp3) is 0.333. The molecule has 0 aliphatic carbocycles. The fourth-order valence-corrected chi connectivity index (χ4v) is 2.85. The molecule has 0 fully saturated rings. The van der Waals surface area contributed by atoms with Crippen LogP contribution in [0.15, 0.2) is 28.5 Å². The molecule has 0 saturated heterocycles. The van der Waals surface area contributed by atoms with E-state index in [2.05, 4.69) is 20.3 Å². The lowest BCUT2D eigenvalue weighted by atomic mass is 10.4. The Morgan fingerprint density at radius 2 is 2.21 bits per heavy atom. The summed E-state index contributed by atoms with van der Waals surface area (Å²) in [5.74, 6) is 1.04. The summed E-state index contributed by atoms with van der Waals surface area (Å²) in [5, 5.41) is 4.04. The third kappa shape index (κ3) is 4.68. The number of hydrogen-bond donors (Lipinski definition) is 1. The molecule has 2 heterocycles. The Kier molecular flexibility index (Phi) is 4.98. The summed E-state index contributed by atoms with van der Waals surface area (Å²) in [6, 6.07) is 1.91. The van der Waals surface area contributed by atoms with Crippen LogP contribution in [-0.2, 0) is 4.79 Å². The maximum Gasteiger partial charge on any atom is 0.236 e. The van der Waals surface area contributed by atoms with E-state index >= 15 is 0 Å². The highest BCUT2D eigenvalue weighted by Gasteiger charge is 2.09. The van der Waals surface area contributed by atoms with E-state index in [4.69, 9.17) is 0 Å². The summed E-state index contributed by atoms with van der Waals surface area (Å²) < 4.78 is 0. The molecule has 0 aromatic carbocycles. The van der Waals surface area contributed by atoms with Crippen molar-refractivity contribution in [2.45, 2.75) is 19.0 Å². The maximum absolute atomic E-state index is 11.7. The zero-order valence-electron chi connectivity index (χ0n) is 10.7. The van der Waals surface area contributed by atoms with Gasteiger partial charge in [-0.05, 0) is 19.9 Å². The van der Waals surface area contributed by atoms with Crippen LogP contribution < -0.4 is 5.32 Å². The quantitative estimate of drug-likeness (QED) is 0.684. The molecule has 1 aliphatic rings. The SMILES string of the molecule is Cc1cc(C)nc(SCC(=O)NC2=NC=CCS2)n1.[HH]. The first-order valence-electron chi connectivity index (χ1n) is 5.74. The molecule has 5 nitrogen and oxygen atoms in total. The van der Waals surface area contributed by atoms with Gasteiger partial charge in [0.15, 0.2) is 10.3 Å². The van der Waals surface area contributed by atoms with Crippen molar-refractivity contribution in [3.63, 3.8) is 0 Å². The van der Waals surface area contributed by atoms with Gasteiger partial charge in [-0.1, -0.05) is 29.6 Å². The molecule has 1 aliphatic heterocycles. The van der Waals surface area contributed by atoms with Crippen LogP contribution in [0, 0.1) is 13.8 Å². The fourth-order valence-electron chi connectivity index (χ4n) is 1.44. The van der Waals surface area contributed by atoms with E-state index < -0.39 is 0 Å². The molecule has 1 amide bonds. The molecule has 0 bridgehead atoms. The number of nitrogens with zero attached hydrogens (tertiary/aromatic N) is 3. The van der Waals surface area contributed by atoms with Gasteiger partial charge in [-0.25, -0.2) is 15.0 Å². The van der Waals surface area contributed by atoms with E-state index in [1.54, 1.807) is 6.20 Å². The number of aromatic nitrogens is 2. The number of carbonyl (C=O) groups is 1. The average Bonchev–Trinajstić information content (AvgIpc) is 2.36. The molecule has 1 aromatic rings. The van der Waals surface area contributed by atoms with Crippen molar-refractivity contribution in [2.24, 2.45) is 4.99 Å². The molecule has 1 N–H and O–H groups in total. The number of hydrogen-bond acceptors (Lipinski definition) is 6. The van der Waals surface area contributed by atoms with Crippen LogP contribution in [0.25, 0.3) is 0 Å². The summed E-state index contributed by atoms with van der Waals surface area (Å²) in [6.45, 7) is 3.83. The molecule has 102 valence electrons. The van der Waals surface area contributed by atoms with Gasteiger partial charge < -0.3 is 5.32 Å². The first-order valence-corrected chi connectivity index (χ1v) is 7.71. The Bertz CT molecular complexity index is 528. The molecule has 0 spiro atoms. The first-order chi connectivity index (χ1) is 9.13. The Morgan fingerprint density at radius 3 is 2.84 bits per heavy atom. The number of amidine groups is 1. The summed E-state index contributed by atoms with van der Waals surface area (Å²) in [7, 11) is 0. The second-order valence-electron chi connectivity index (χ2n) is 3.90. The number of aliphatic imine (C=N–C) groups is 1. The molecule has 2 rings (SSSR count). The van der Waals surface area contributed by atoms with Gasteiger partial charge in [0.1, 0.15) is 0 Å². The van der Waals surface area contributed by atoms with Gasteiger partial charge in [0.25, 0.3) is 0 Å². The van der Waals surface area contributed by atoms with Crippen molar-refractivity contribution in [3.8, 4) is 0 Å². The van der Waals surface area contributed by atoms with Gasteiger partial charge in [0.05, 0.1) is 5.75 Å². The van der Waals surface area contributed by atoms with E-state index in [-0.39, 0.29) is 13.1 Å². The summed E-state index contributed by atoms with van der Waals surface area (Å²) in [4.78, 5) is 24.4. The van der Waals surface area contributed by atoms with E-state index in [9.17, 15) is 4.79 Å². The maximum atomic E-state index is 11.7. The van der Waals surface area contributed by atoms with Crippen molar-refractivity contribution in [2.75, 3.05) is 11.5 Å². The van der Waals surface area contributed by atoms with Gasteiger partial charge in [-0.15, -0.1) is 0 Å². The highest BCUT2D eigenvalue weighted by atomic mass is 32.2. The van der Waals surface area contributed by atoms with Crippen LogP contribution in [0.3, 0.4) is 0 Å². The Labute approximate surface area is 121 Å². The van der Waals surface area contributed by atoms with Gasteiger partial charge >= 0.3 is 0 Å². The number of nitrogens with one attached hydrogen (secondary N) is 1. The van der Waals surface area contributed by atoms with E-state index in [1.807, 2.05) is 26.0 Å². The summed E-state index contributed by atoms with van der Waals surface area (Å²) in [5.41, 5.74) is 1.82. The van der Waals surface area contributed by atoms with Crippen LogP contribution in [0.1, 0.15) is 12.8 Å². The van der Waals surface area contributed by atoms with Crippen LogP contribution in [-0.4, -0.2) is 32.5 Å². The van der Waals surface area contributed by atoms with Gasteiger partial charge in [-0.2, -0.15) is 0 Å². The number of rotatable bonds is 3. The molecule has 7 heteroatoms. The zero-order valence-corrected chi connectivity index (χ0v) is 12.3. The lowest BCUT2D eigenvalue weighted by Gasteiger charge is -2.08. The van der Waals surface area contributed by atoms with E-state index in [0.29, 0.717) is 10.3 Å². The topological polar surface area (TPSA) is 67.2 Å². The van der Waals surface area contributed by atoms with Crippen molar-refractivity contribution in [1.29, 1.82) is 0 Å². The number of amides is 1. The molecular weight excluding hydrogens is 280 g/mol. The van der Waals surface area contributed by atoms with E-state index in [0.717, 1.165) is 17.1 Å². The van der Waals surface area contributed by atoms with E-state index in [1.165, 1.54) is 23.5 Å². The lowest BCUT2D eigenvalue weighted by Crippen LogP contribution is -2.30. The van der Waals surface area contributed by atoms with Gasteiger partial charge in [0, 0.05) is 24.8 Å². The smallest absolute Gasteiger partial charge is 0.236 e. The molecule has 1 aromatic heterocycles. The average molecular weight is 296 g/mol. The standard InChI is InChI=1S/C12H14N4OS2.H2/c1-8-6-9(2)15-12(14-8)19-7-10(17)16-11-13-4-3-5-18-11;/h3-4,6H,5,7H2,1-2H3,(H,13,16,17);1H. The second-order valence-corrected chi connectivity index (χ2v) is 5.85. The summed E-state index contributed by atoms with van der Waals surface area (Å²) >= 11 is 2.84. The minimum atomic E-state index is -0.0886. The second kappa shape index (κ2) is 6.72. The van der Waals surface area contributed by atoms with Gasteiger partial charge in [0.2, 0.25) is 5.91 Å². The molecule has 0 radical (unpaired) electrons. The molecular formula is C12H16N4OS2. The Hall–Kier alpha value is -1.34. The van der Waals surface area contributed by atoms with Crippen molar-refractivity contribution < 1.29 is 6.22 Å². The van der Waals surface area contributed by atoms with Crippen LogP contribution in [0.5, 0.6) is 0 Å². The Morgan fingerprint density at radius 1 is 1.47 bits per heavy atom. The third-order valence-corrected chi connectivity index (χ3v) is 3.84. The predicted molar refractivity (Wildman–Crippen MR) is 81.5 cm³/mol. The Balaban J connectivity index is 0.00000200. The minimum Gasteiger partial charge on any atom is -0.304 e.